The summed E-state index contributed by atoms with van der Waals surface area (Å²) in [6, 6.07) is 9.74. The molecule has 1 aliphatic rings. The second kappa shape index (κ2) is 10.9. The number of fused-ring (bicyclic) bond motifs is 1. The molecule has 4 rings (SSSR count). The number of hydrogen-bond acceptors (Lipinski definition) is 6. The average molecular weight is 445 g/mol. The van der Waals surface area contributed by atoms with Crippen molar-refractivity contribution in [2.75, 3.05) is 26.7 Å². The van der Waals surface area contributed by atoms with Crippen LogP contribution in [-0.4, -0.2) is 57.7 Å². The third kappa shape index (κ3) is 5.85. The van der Waals surface area contributed by atoms with Crippen LogP contribution in [0.15, 0.2) is 49.1 Å². The zero-order valence-electron chi connectivity index (χ0n) is 18.8. The molecule has 170 valence electrons. The molecular weight excluding hydrogens is 416 g/mol. The average Bonchev–Trinajstić information content (AvgIpc) is 2.85. The van der Waals surface area contributed by atoms with Crippen LogP contribution in [0.1, 0.15) is 30.5 Å². The molecule has 0 aliphatic carbocycles. The number of methoxy groups -OCH3 is 1. The molecule has 3 heterocycles. The molecule has 1 aromatic carbocycles. The van der Waals surface area contributed by atoms with Crippen molar-refractivity contribution in [3.63, 3.8) is 0 Å². The minimum Gasteiger partial charge on any atom is -0.497 e. The molecule has 0 bridgehead atoms. The zero-order valence-corrected chi connectivity index (χ0v) is 18.8. The molecule has 1 saturated heterocycles. The quantitative estimate of drug-likeness (QED) is 0.559. The highest BCUT2D eigenvalue weighted by atomic mass is 16.5. The summed E-state index contributed by atoms with van der Waals surface area (Å²) in [6.07, 6.45) is 8.57. The number of aliphatic carboxylic acids is 1. The Morgan fingerprint density at radius 3 is 2.94 bits per heavy atom. The van der Waals surface area contributed by atoms with Crippen LogP contribution in [0.2, 0.25) is 0 Å². The fourth-order valence-electron chi connectivity index (χ4n) is 4.53. The Labute approximate surface area is 193 Å². The number of nitrogens with zero attached hydrogens (tertiary/aromatic N) is 4. The number of pyridine rings is 1. The smallest absolute Gasteiger partial charge is 0.308 e. The summed E-state index contributed by atoms with van der Waals surface area (Å²) in [7, 11) is 1.66. The number of carboxylic acid groups (broad SMARTS) is 1. The summed E-state index contributed by atoms with van der Waals surface area (Å²) in [5, 5.41) is 10.9. The molecule has 0 radical (unpaired) electrons. The minimum atomic E-state index is -0.715. The maximum absolute atomic E-state index is 12.0. The number of carbonyl (C=O) groups is 1. The van der Waals surface area contributed by atoms with Crippen molar-refractivity contribution in [3.8, 4) is 17.6 Å². The molecule has 3 aromatic rings. The summed E-state index contributed by atoms with van der Waals surface area (Å²) in [5.74, 6) is 6.04. The highest BCUT2D eigenvalue weighted by molar-refractivity contribution is 5.83. The van der Waals surface area contributed by atoms with Gasteiger partial charge in [0.2, 0.25) is 0 Å². The van der Waals surface area contributed by atoms with Crippen LogP contribution in [-0.2, 0) is 11.2 Å². The molecule has 1 aliphatic heterocycles. The van der Waals surface area contributed by atoms with Crippen LogP contribution in [0.5, 0.6) is 5.75 Å². The standard InChI is InChI=1S/C26H28N4O3/c1-33-22-7-8-25-23(16-22)19(9-13-28-25)4-2-5-20-11-15-30(17-24(20)26(31)32)14-3-6-21-10-12-27-18-29-21/h7-10,12-13,16,18,20,24H,2,4-5,11,14-15,17H2,1H3,(H,31,32)/t20-,24+/m1/s1. The van der Waals surface area contributed by atoms with Crippen LogP contribution in [0, 0.1) is 23.7 Å². The van der Waals surface area contributed by atoms with E-state index in [4.69, 9.17) is 4.74 Å². The van der Waals surface area contributed by atoms with E-state index in [2.05, 4.69) is 37.8 Å². The minimum absolute atomic E-state index is 0.177. The predicted octanol–water partition coefficient (Wildman–Crippen LogP) is 3.43. The molecule has 0 saturated carbocycles. The van der Waals surface area contributed by atoms with Gasteiger partial charge in [-0.2, -0.15) is 0 Å². The van der Waals surface area contributed by atoms with Crippen LogP contribution >= 0.6 is 0 Å². The van der Waals surface area contributed by atoms with Crippen molar-refractivity contribution in [2.45, 2.75) is 25.7 Å². The van der Waals surface area contributed by atoms with E-state index < -0.39 is 5.97 Å². The molecular formula is C26H28N4O3. The van der Waals surface area contributed by atoms with Gasteiger partial charge in [-0.3, -0.25) is 14.7 Å². The van der Waals surface area contributed by atoms with E-state index in [-0.39, 0.29) is 11.8 Å². The van der Waals surface area contributed by atoms with E-state index >= 15 is 0 Å². The van der Waals surface area contributed by atoms with Crippen molar-refractivity contribution in [2.24, 2.45) is 11.8 Å². The number of hydrogen-bond donors (Lipinski definition) is 1. The summed E-state index contributed by atoms with van der Waals surface area (Å²) in [5.41, 5.74) is 2.85. The topological polar surface area (TPSA) is 88.4 Å². The Kier molecular flexibility index (Phi) is 7.48. The Bertz CT molecular complexity index is 1160. The third-order valence-electron chi connectivity index (χ3n) is 6.32. The number of likely N-dealkylation sites (tertiary alicyclic amines) is 1. The summed E-state index contributed by atoms with van der Waals surface area (Å²) in [6.45, 7) is 1.95. The number of rotatable bonds is 7. The first-order valence-corrected chi connectivity index (χ1v) is 11.3. The lowest BCUT2D eigenvalue weighted by molar-refractivity contribution is -0.146. The van der Waals surface area contributed by atoms with E-state index in [0.29, 0.717) is 18.8 Å². The van der Waals surface area contributed by atoms with E-state index in [1.165, 1.54) is 11.9 Å². The fraction of sp³-hybridized carbons (Fsp3) is 0.385. The van der Waals surface area contributed by atoms with Gasteiger partial charge in [0.15, 0.2) is 0 Å². The summed E-state index contributed by atoms with van der Waals surface area (Å²) < 4.78 is 5.37. The van der Waals surface area contributed by atoms with Gasteiger partial charge in [0.05, 0.1) is 25.1 Å². The van der Waals surface area contributed by atoms with Crippen molar-refractivity contribution < 1.29 is 14.6 Å². The molecule has 1 N–H and O–H groups in total. The van der Waals surface area contributed by atoms with Gasteiger partial charge in [0, 0.05) is 24.3 Å². The fourth-order valence-corrected chi connectivity index (χ4v) is 4.53. The molecule has 7 nitrogen and oxygen atoms in total. The molecule has 0 amide bonds. The Balaban J connectivity index is 1.34. The largest absolute Gasteiger partial charge is 0.497 e. The van der Waals surface area contributed by atoms with Crippen LogP contribution in [0.3, 0.4) is 0 Å². The highest BCUT2D eigenvalue weighted by Gasteiger charge is 2.33. The molecule has 1 fully saturated rings. The third-order valence-corrected chi connectivity index (χ3v) is 6.32. The lowest BCUT2D eigenvalue weighted by Crippen LogP contribution is -2.44. The van der Waals surface area contributed by atoms with E-state index in [0.717, 1.165) is 48.9 Å². The van der Waals surface area contributed by atoms with Crippen molar-refractivity contribution >= 4 is 16.9 Å². The zero-order chi connectivity index (χ0) is 23.0. The Hall–Kier alpha value is -3.50. The Morgan fingerprint density at radius 2 is 2.15 bits per heavy atom. The summed E-state index contributed by atoms with van der Waals surface area (Å²) >= 11 is 0. The number of carboxylic acids is 1. The molecule has 7 heteroatoms. The van der Waals surface area contributed by atoms with Crippen molar-refractivity contribution in [1.82, 2.24) is 19.9 Å². The number of aryl methyl sites for hydroxylation is 1. The first-order valence-electron chi connectivity index (χ1n) is 11.3. The molecule has 2 atom stereocenters. The SMILES string of the molecule is COc1ccc2nccc(CCC[C@@H]3CCN(CC#Cc4ccncn4)C[C@@H]3C(=O)O)c2c1. The number of ether oxygens (including phenoxy) is 1. The number of piperidine rings is 1. The predicted molar refractivity (Wildman–Crippen MR) is 126 cm³/mol. The maximum atomic E-state index is 12.0. The van der Waals surface area contributed by atoms with Crippen LogP contribution in [0.25, 0.3) is 10.9 Å². The first kappa shape index (κ1) is 22.7. The van der Waals surface area contributed by atoms with Gasteiger partial charge in [-0.1, -0.05) is 5.92 Å². The van der Waals surface area contributed by atoms with Gasteiger partial charge in [-0.15, -0.1) is 0 Å². The van der Waals surface area contributed by atoms with Gasteiger partial charge in [0.25, 0.3) is 0 Å². The van der Waals surface area contributed by atoms with Gasteiger partial charge in [0.1, 0.15) is 17.8 Å². The molecule has 33 heavy (non-hydrogen) atoms. The number of benzene rings is 1. The van der Waals surface area contributed by atoms with Gasteiger partial charge < -0.3 is 9.84 Å². The first-order chi connectivity index (χ1) is 16.1. The molecule has 2 aromatic heterocycles. The summed E-state index contributed by atoms with van der Waals surface area (Å²) in [4.78, 5) is 26.5. The lowest BCUT2D eigenvalue weighted by atomic mass is 9.81. The maximum Gasteiger partial charge on any atom is 0.308 e. The second-order valence-corrected chi connectivity index (χ2v) is 8.37. The second-order valence-electron chi connectivity index (χ2n) is 8.37. The van der Waals surface area contributed by atoms with E-state index in [1.54, 1.807) is 19.4 Å². The van der Waals surface area contributed by atoms with Gasteiger partial charge in [-0.25, -0.2) is 9.97 Å². The highest BCUT2D eigenvalue weighted by Crippen LogP contribution is 2.30. The molecule has 0 spiro atoms. The van der Waals surface area contributed by atoms with Crippen LogP contribution in [0.4, 0.5) is 0 Å². The number of aromatic nitrogens is 3. The van der Waals surface area contributed by atoms with E-state index in [1.807, 2.05) is 24.4 Å². The van der Waals surface area contributed by atoms with Gasteiger partial charge >= 0.3 is 5.97 Å². The van der Waals surface area contributed by atoms with Gasteiger partial charge in [-0.05, 0) is 80.0 Å². The molecule has 0 unspecified atom stereocenters. The van der Waals surface area contributed by atoms with Crippen molar-refractivity contribution in [3.05, 3.63) is 60.3 Å². The lowest BCUT2D eigenvalue weighted by Gasteiger charge is -2.35. The van der Waals surface area contributed by atoms with Crippen LogP contribution < -0.4 is 4.74 Å². The van der Waals surface area contributed by atoms with Crippen molar-refractivity contribution in [1.29, 1.82) is 0 Å². The Morgan fingerprint density at radius 1 is 1.24 bits per heavy atom. The normalized spacial score (nSPS) is 18.5. The monoisotopic (exact) mass is 444 g/mol. The van der Waals surface area contributed by atoms with E-state index in [9.17, 15) is 9.90 Å².